The molecule has 1 aromatic heterocycles. The molecular formula is C30H37ClN2O5. The minimum absolute atomic E-state index is 0. The summed E-state index contributed by atoms with van der Waals surface area (Å²) in [4.78, 5) is 4.53. The lowest BCUT2D eigenvalue weighted by atomic mass is 9.71. The number of nitrogens with zero attached hydrogens (tertiary/aromatic N) is 2. The molecular weight excluding hydrogens is 504 g/mol. The number of pyridine rings is 1. The minimum Gasteiger partial charge on any atom is -1.00 e. The van der Waals surface area contributed by atoms with E-state index in [4.69, 9.17) is 18.9 Å². The second-order valence-electron chi connectivity index (χ2n) is 10.3. The van der Waals surface area contributed by atoms with Crippen molar-refractivity contribution in [1.29, 1.82) is 0 Å². The van der Waals surface area contributed by atoms with E-state index in [1.807, 2.05) is 36.4 Å². The lowest BCUT2D eigenvalue weighted by Gasteiger charge is -2.58. The number of halogens is 1. The summed E-state index contributed by atoms with van der Waals surface area (Å²) in [6, 6.07) is 11.9. The molecule has 3 unspecified atom stereocenters. The molecule has 38 heavy (non-hydrogen) atoms. The Hall–Kier alpha value is -3.00. The number of methoxy groups -OCH3 is 4. The highest BCUT2D eigenvalue weighted by molar-refractivity contribution is 5.83. The highest BCUT2D eigenvalue weighted by atomic mass is 35.5. The summed E-state index contributed by atoms with van der Waals surface area (Å²) in [6.07, 6.45) is 5.32. The molecule has 0 radical (unpaired) electrons. The van der Waals surface area contributed by atoms with Crippen LogP contribution < -0.4 is 31.4 Å². The summed E-state index contributed by atoms with van der Waals surface area (Å²) in [5, 5.41) is 13.0. The number of aliphatic hydroxyl groups is 1. The van der Waals surface area contributed by atoms with Crippen LogP contribution in [0.25, 0.3) is 10.9 Å². The van der Waals surface area contributed by atoms with Crippen molar-refractivity contribution in [2.75, 3.05) is 41.5 Å². The van der Waals surface area contributed by atoms with Crippen LogP contribution >= 0.6 is 0 Å². The van der Waals surface area contributed by atoms with Crippen molar-refractivity contribution in [2.45, 2.75) is 31.5 Å². The summed E-state index contributed by atoms with van der Waals surface area (Å²) in [5.74, 6) is 3.59. The van der Waals surface area contributed by atoms with Gasteiger partial charge in [0.1, 0.15) is 24.4 Å². The maximum atomic E-state index is 12.0. The fourth-order valence-electron chi connectivity index (χ4n) is 6.71. The van der Waals surface area contributed by atoms with Gasteiger partial charge in [0, 0.05) is 35.9 Å². The predicted octanol–water partition coefficient (Wildman–Crippen LogP) is 1.92. The van der Waals surface area contributed by atoms with E-state index in [0.717, 1.165) is 64.7 Å². The molecule has 3 aromatic rings. The molecule has 7 nitrogen and oxygen atoms in total. The maximum absolute atomic E-state index is 12.0. The van der Waals surface area contributed by atoms with Crippen LogP contribution in [-0.4, -0.2) is 62.1 Å². The van der Waals surface area contributed by atoms with Gasteiger partial charge in [-0.05, 0) is 47.9 Å². The molecule has 2 bridgehead atoms. The molecule has 3 aliphatic heterocycles. The van der Waals surface area contributed by atoms with Gasteiger partial charge in [-0.15, -0.1) is 6.58 Å². The van der Waals surface area contributed by atoms with Crippen LogP contribution in [0.15, 0.2) is 55.3 Å². The zero-order chi connectivity index (χ0) is 26.2. The molecule has 4 heterocycles. The Morgan fingerprint density at radius 1 is 1.05 bits per heavy atom. The van der Waals surface area contributed by atoms with E-state index in [-0.39, 0.29) is 18.4 Å². The van der Waals surface area contributed by atoms with E-state index in [2.05, 4.69) is 17.6 Å². The normalized spacial score (nSPS) is 24.8. The number of fused-ring (bicyclic) bond motifs is 4. The first-order valence-electron chi connectivity index (χ1n) is 12.8. The molecule has 204 valence electrons. The van der Waals surface area contributed by atoms with Gasteiger partial charge < -0.3 is 40.9 Å². The van der Waals surface area contributed by atoms with E-state index < -0.39 is 6.10 Å². The fourth-order valence-corrected chi connectivity index (χ4v) is 6.71. The average Bonchev–Trinajstić information content (AvgIpc) is 2.95. The Labute approximate surface area is 231 Å². The molecule has 1 N–H and O–H groups in total. The Kier molecular flexibility index (Phi) is 8.40. The third-order valence-electron chi connectivity index (χ3n) is 8.56. The summed E-state index contributed by atoms with van der Waals surface area (Å²) in [6.45, 7) is 6.85. The highest BCUT2D eigenvalue weighted by Crippen LogP contribution is 2.49. The topological polar surface area (TPSA) is 70.0 Å². The van der Waals surface area contributed by atoms with Crippen molar-refractivity contribution in [3.05, 3.63) is 66.4 Å². The first-order valence-corrected chi connectivity index (χ1v) is 12.8. The lowest BCUT2D eigenvalue weighted by molar-refractivity contribution is -0.984. The second-order valence-corrected chi connectivity index (χ2v) is 10.3. The lowest BCUT2D eigenvalue weighted by Crippen LogP contribution is -3.00. The Balaban J connectivity index is 0.00000336. The van der Waals surface area contributed by atoms with Crippen LogP contribution in [0.2, 0.25) is 0 Å². The van der Waals surface area contributed by atoms with Crippen molar-refractivity contribution >= 4 is 10.9 Å². The van der Waals surface area contributed by atoms with Crippen molar-refractivity contribution < 1.29 is 40.9 Å². The summed E-state index contributed by atoms with van der Waals surface area (Å²) in [7, 11) is 6.56. The molecule has 5 atom stereocenters. The Bertz CT molecular complexity index is 1280. The molecule has 0 amide bonds. The van der Waals surface area contributed by atoms with Gasteiger partial charge in [0.25, 0.3) is 0 Å². The minimum atomic E-state index is -0.645. The van der Waals surface area contributed by atoms with Gasteiger partial charge in [-0.3, -0.25) is 4.98 Å². The molecule has 6 rings (SSSR count). The van der Waals surface area contributed by atoms with Crippen molar-refractivity contribution in [2.24, 2.45) is 11.8 Å². The van der Waals surface area contributed by atoms with Crippen molar-refractivity contribution in [3.63, 3.8) is 0 Å². The maximum Gasteiger partial charge on any atom is 0.203 e. The van der Waals surface area contributed by atoms with Crippen LogP contribution in [0, 0.1) is 11.8 Å². The van der Waals surface area contributed by atoms with E-state index in [9.17, 15) is 5.11 Å². The van der Waals surface area contributed by atoms with Crippen LogP contribution in [0.3, 0.4) is 0 Å². The fraction of sp³-hybridized carbons (Fsp3) is 0.433. The number of quaternary nitrogens is 1. The number of benzene rings is 2. The SMILES string of the molecule is C=CC1C[N+]2(Cc3cc(OC)c(OC)c(OC)c3)CCC1C[C@H]2[C@H](O)c1ccnc2ccc(OC)cc12.[Cl-]. The third kappa shape index (κ3) is 4.79. The first-order chi connectivity index (χ1) is 18.0. The van der Waals surface area contributed by atoms with Gasteiger partial charge in [0.15, 0.2) is 11.5 Å². The molecule has 2 aromatic carbocycles. The van der Waals surface area contributed by atoms with E-state index in [1.54, 1.807) is 34.6 Å². The molecule has 0 saturated carbocycles. The van der Waals surface area contributed by atoms with Crippen molar-refractivity contribution in [3.8, 4) is 23.0 Å². The number of aromatic nitrogens is 1. The van der Waals surface area contributed by atoms with Crippen LogP contribution in [0.5, 0.6) is 23.0 Å². The Morgan fingerprint density at radius 2 is 1.79 bits per heavy atom. The number of piperidine rings is 3. The molecule has 8 heteroatoms. The smallest absolute Gasteiger partial charge is 0.203 e. The number of ether oxygens (including phenoxy) is 4. The number of rotatable bonds is 9. The average molecular weight is 541 g/mol. The Morgan fingerprint density at radius 3 is 2.42 bits per heavy atom. The van der Waals surface area contributed by atoms with Gasteiger partial charge in [0.2, 0.25) is 5.75 Å². The molecule has 0 spiro atoms. The predicted molar refractivity (Wildman–Crippen MR) is 143 cm³/mol. The molecule has 3 aliphatic rings. The molecule has 3 fully saturated rings. The molecule has 3 saturated heterocycles. The zero-order valence-electron chi connectivity index (χ0n) is 22.5. The highest BCUT2D eigenvalue weighted by Gasteiger charge is 2.54. The number of hydrogen-bond acceptors (Lipinski definition) is 6. The first kappa shape index (κ1) is 28.0. The van der Waals surface area contributed by atoms with Gasteiger partial charge in [-0.1, -0.05) is 6.08 Å². The van der Waals surface area contributed by atoms with E-state index in [1.165, 1.54) is 0 Å². The van der Waals surface area contributed by atoms with Gasteiger partial charge in [-0.2, -0.15) is 0 Å². The quantitative estimate of drug-likeness (QED) is 0.330. The van der Waals surface area contributed by atoms with Gasteiger partial charge in [-0.25, -0.2) is 0 Å². The monoisotopic (exact) mass is 540 g/mol. The van der Waals surface area contributed by atoms with E-state index >= 15 is 0 Å². The second kappa shape index (κ2) is 11.4. The van der Waals surface area contributed by atoms with Gasteiger partial charge >= 0.3 is 0 Å². The van der Waals surface area contributed by atoms with Crippen molar-refractivity contribution in [1.82, 2.24) is 4.98 Å². The van der Waals surface area contributed by atoms with Crippen LogP contribution in [0.4, 0.5) is 0 Å². The largest absolute Gasteiger partial charge is 1.00 e. The zero-order valence-corrected chi connectivity index (χ0v) is 23.3. The summed E-state index contributed by atoms with van der Waals surface area (Å²) < 4.78 is 23.1. The van der Waals surface area contributed by atoms with Crippen LogP contribution in [-0.2, 0) is 6.54 Å². The molecule has 0 aliphatic carbocycles. The number of aliphatic hydroxyl groups excluding tert-OH is 1. The third-order valence-corrected chi connectivity index (χ3v) is 8.56. The summed E-state index contributed by atoms with van der Waals surface area (Å²) in [5.41, 5.74) is 2.85. The summed E-state index contributed by atoms with van der Waals surface area (Å²) >= 11 is 0. The van der Waals surface area contributed by atoms with E-state index in [0.29, 0.717) is 29.1 Å². The van der Waals surface area contributed by atoms with Gasteiger partial charge in [0.05, 0.1) is 47.0 Å². The standard InChI is InChI=1S/C30H37N2O5.ClH/c1-6-20-18-32(17-19-13-27(35-3)30(37-5)28(14-19)36-4)12-10-21(20)15-26(32)29(33)23-9-11-31-25-8-7-22(34-2)16-24(23)25;/h6-9,11,13-14,16,20-21,26,29,33H,1,10,12,15,17-18H2,2-5H3;1H/q+1;/p-1/t20?,21?,26-,29+,32?;/m0./s1. The number of hydrogen-bond donors (Lipinski definition) is 1. The van der Waals surface area contributed by atoms with Crippen LogP contribution in [0.1, 0.15) is 30.1 Å².